The van der Waals surface area contributed by atoms with Crippen molar-refractivity contribution < 1.29 is 38.6 Å². The molecule has 5 aromatic rings. The van der Waals surface area contributed by atoms with Crippen molar-refractivity contribution in [3.63, 3.8) is 0 Å². The summed E-state index contributed by atoms with van der Waals surface area (Å²) in [5, 5.41) is 26.7. The fraction of sp³-hybridized carbons (Fsp3) is 0.500. The van der Waals surface area contributed by atoms with E-state index >= 15 is 0 Å². The number of β-amino-alcohol motifs (C(OH)–C–C–N with tert-alkyl or cyclic N) is 1. The minimum absolute atomic E-state index is 0.0240. The molecule has 4 aliphatic rings. The van der Waals surface area contributed by atoms with Crippen molar-refractivity contribution >= 4 is 57.3 Å². The molecule has 2 aromatic heterocycles. The summed E-state index contributed by atoms with van der Waals surface area (Å²) in [6.07, 6.45) is 1.98. The van der Waals surface area contributed by atoms with E-state index in [1.54, 1.807) is 17.4 Å². The number of ketones is 1. The molecule has 1 unspecified atom stereocenters. The molecule has 3 atom stereocenters. The van der Waals surface area contributed by atoms with Crippen LogP contribution in [-0.2, 0) is 47.0 Å². The van der Waals surface area contributed by atoms with Crippen LogP contribution >= 0.6 is 11.3 Å². The summed E-state index contributed by atoms with van der Waals surface area (Å²) in [6.45, 7) is 18.4. The van der Waals surface area contributed by atoms with E-state index in [4.69, 9.17) is 9.47 Å². The summed E-state index contributed by atoms with van der Waals surface area (Å²) in [5.74, 6) is -1.43. The number of nitrogens with one attached hydrogen (secondary N) is 3. The highest BCUT2D eigenvalue weighted by atomic mass is 32.1. The Bertz CT molecular complexity index is 3030. The van der Waals surface area contributed by atoms with E-state index in [1.807, 2.05) is 74.5 Å². The Kier molecular flexibility index (Phi) is 16.2. The highest BCUT2D eigenvalue weighted by Gasteiger charge is 2.45. The lowest BCUT2D eigenvalue weighted by Gasteiger charge is -2.44. The third-order valence-corrected chi connectivity index (χ3v) is 16.8. The first kappa shape index (κ1) is 54.3. The highest BCUT2D eigenvalue weighted by molar-refractivity contribution is 7.13. The number of carbonyl (C=O) groups excluding carboxylic acids is 5. The Morgan fingerprint density at radius 2 is 1.68 bits per heavy atom. The van der Waals surface area contributed by atoms with E-state index in [0.29, 0.717) is 30.3 Å². The van der Waals surface area contributed by atoms with Gasteiger partial charge in [-0.05, 0) is 78.1 Å². The first-order chi connectivity index (χ1) is 36.4. The smallest absolute Gasteiger partial charge is 0.248 e. The first-order valence-corrected chi connectivity index (χ1v) is 27.5. The standard InChI is InChI=1S/C58H71N9O8S/c1-8-38-26-43-44(58(6,7)53-50(51(43)71)42-14-11-37(29-59)25-45(42)62-53)28-46(38)65-17-15-40(16-18-65)64-19-21-66(22-20-64)49(70)33-75-24-23-74-32-48(69)63-54(57(3,4)5)56(73)67-31-41(68)27-47(67)55(72)60-30-36-9-12-39(13-10-36)52-35(2)61-34-76-52/h9-14,25-26,28,34,40-41,47,54,62,68H,8,15-24,27,30-33H2,1-7H3,(H,60,72)(H,63,69)/t41-,47+,54?/m1/s1. The van der Waals surface area contributed by atoms with Gasteiger partial charge >= 0.3 is 0 Å². The van der Waals surface area contributed by atoms with Crippen LogP contribution in [0.15, 0.2) is 60.1 Å². The number of amides is 4. The van der Waals surface area contributed by atoms with Crippen molar-refractivity contribution in [1.82, 2.24) is 35.3 Å². The molecule has 402 valence electrons. The van der Waals surface area contributed by atoms with Crippen molar-refractivity contribution in [2.24, 2.45) is 5.41 Å². The third kappa shape index (κ3) is 11.3. The van der Waals surface area contributed by atoms with E-state index < -0.39 is 40.8 Å². The number of anilines is 1. The van der Waals surface area contributed by atoms with Gasteiger partial charge in [0, 0.05) is 98.1 Å². The van der Waals surface area contributed by atoms with Crippen LogP contribution in [0.5, 0.6) is 0 Å². The van der Waals surface area contributed by atoms with Gasteiger partial charge in [-0.2, -0.15) is 5.26 Å². The molecule has 0 bridgehead atoms. The first-order valence-electron chi connectivity index (χ1n) is 26.6. The van der Waals surface area contributed by atoms with Gasteiger partial charge in [0.2, 0.25) is 23.6 Å². The predicted octanol–water partition coefficient (Wildman–Crippen LogP) is 5.86. The van der Waals surface area contributed by atoms with E-state index in [0.717, 1.165) is 100 Å². The average Bonchev–Trinajstić information content (AvgIpc) is 4.21. The van der Waals surface area contributed by atoms with Gasteiger partial charge in [0.15, 0.2) is 5.78 Å². The van der Waals surface area contributed by atoms with Gasteiger partial charge in [0.05, 0.1) is 52.6 Å². The van der Waals surface area contributed by atoms with E-state index in [-0.39, 0.29) is 63.5 Å². The molecule has 5 heterocycles. The lowest BCUT2D eigenvalue weighted by atomic mass is 9.70. The summed E-state index contributed by atoms with van der Waals surface area (Å²) < 4.78 is 11.3. The number of nitrogens with zero attached hydrogens (tertiary/aromatic N) is 6. The van der Waals surface area contributed by atoms with Crippen molar-refractivity contribution in [2.45, 2.75) is 110 Å². The zero-order valence-corrected chi connectivity index (χ0v) is 45.6. The number of aliphatic hydroxyl groups excluding tert-OH is 1. The van der Waals surface area contributed by atoms with Crippen LogP contribution in [-0.4, -0.2) is 156 Å². The number of piperidine rings is 1. The Labute approximate surface area is 448 Å². The van der Waals surface area contributed by atoms with Gasteiger partial charge in [-0.25, -0.2) is 4.98 Å². The van der Waals surface area contributed by atoms with E-state index in [1.165, 1.54) is 10.6 Å². The minimum atomic E-state index is -0.996. The SMILES string of the molecule is CCc1cc2c(cc1N1CCC(N3CCN(C(=O)COCCOCC(=O)NC(C(=O)N4C[C@H](O)C[C@H]4C(=O)NCc4ccc(-c5scnc5C)cc4)C(C)(C)C)CC3)CC1)C(C)(C)c1[nH]c3cc(C#N)ccc3c1C2=O. The van der Waals surface area contributed by atoms with Crippen LogP contribution < -0.4 is 15.5 Å². The van der Waals surface area contributed by atoms with Crippen molar-refractivity contribution in [3.8, 4) is 16.5 Å². The Hall–Kier alpha value is -6.49. The van der Waals surface area contributed by atoms with Gasteiger partial charge in [-0.15, -0.1) is 11.3 Å². The van der Waals surface area contributed by atoms with E-state index in [2.05, 4.69) is 69.4 Å². The molecule has 3 aliphatic heterocycles. The molecular formula is C58H71N9O8S. The number of aromatic amines is 1. The monoisotopic (exact) mass is 1050 g/mol. The number of aliphatic hydroxyl groups is 1. The Balaban J connectivity index is 0.686. The van der Waals surface area contributed by atoms with Crippen LogP contribution in [0.3, 0.4) is 0 Å². The van der Waals surface area contributed by atoms with Crippen LogP contribution in [0.4, 0.5) is 5.69 Å². The molecule has 4 N–H and O–H groups in total. The average molecular weight is 1050 g/mol. The molecule has 4 amide bonds. The van der Waals surface area contributed by atoms with E-state index in [9.17, 15) is 34.3 Å². The summed E-state index contributed by atoms with van der Waals surface area (Å²) >= 11 is 1.57. The zero-order chi connectivity index (χ0) is 54.1. The van der Waals surface area contributed by atoms with Crippen molar-refractivity contribution in [2.75, 3.05) is 77.1 Å². The number of carbonyl (C=O) groups is 5. The normalized spacial score (nSPS) is 19.3. The molecule has 0 radical (unpaired) electrons. The lowest BCUT2D eigenvalue weighted by Crippen LogP contribution is -2.58. The molecule has 3 saturated heterocycles. The second-order valence-corrected chi connectivity index (χ2v) is 23.1. The minimum Gasteiger partial charge on any atom is -0.391 e. The fourth-order valence-corrected chi connectivity index (χ4v) is 12.3. The van der Waals surface area contributed by atoms with Crippen LogP contribution in [0, 0.1) is 23.7 Å². The number of piperazine rings is 1. The number of thiazole rings is 1. The topological polar surface area (TPSA) is 214 Å². The Morgan fingerprint density at radius 1 is 0.974 bits per heavy atom. The molecule has 3 aromatic carbocycles. The van der Waals surface area contributed by atoms with Gasteiger partial charge in [-0.1, -0.05) is 71.9 Å². The summed E-state index contributed by atoms with van der Waals surface area (Å²) in [4.78, 5) is 85.2. The number of aromatic nitrogens is 2. The van der Waals surface area contributed by atoms with Gasteiger partial charge in [0.1, 0.15) is 25.3 Å². The predicted molar refractivity (Wildman–Crippen MR) is 291 cm³/mol. The summed E-state index contributed by atoms with van der Waals surface area (Å²) in [6, 6.07) is 18.4. The van der Waals surface area contributed by atoms with Crippen molar-refractivity contribution in [1.29, 1.82) is 5.26 Å². The van der Waals surface area contributed by atoms with Gasteiger partial charge < -0.3 is 44.9 Å². The number of hydrogen-bond donors (Lipinski definition) is 4. The van der Waals surface area contributed by atoms with Gasteiger partial charge in [-0.3, -0.25) is 28.9 Å². The molecule has 3 fully saturated rings. The van der Waals surface area contributed by atoms with Crippen molar-refractivity contribution in [3.05, 3.63) is 105 Å². The van der Waals surface area contributed by atoms with Gasteiger partial charge in [0.25, 0.3) is 0 Å². The molecule has 18 heteroatoms. The number of ether oxygens (including phenoxy) is 2. The highest BCUT2D eigenvalue weighted by Crippen LogP contribution is 2.46. The number of fused-ring (bicyclic) bond motifs is 4. The second kappa shape index (κ2) is 22.6. The molecule has 0 spiro atoms. The maximum absolute atomic E-state index is 14.2. The number of nitriles is 1. The fourth-order valence-electron chi connectivity index (χ4n) is 11.5. The number of rotatable bonds is 16. The molecule has 9 rings (SSSR count). The number of likely N-dealkylation sites (tertiary alicyclic amines) is 1. The lowest BCUT2D eigenvalue weighted by molar-refractivity contribution is -0.144. The number of hydrogen-bond acceptors (Lipinski definition) is 13. The quantitative estimate of drug-likeness (QED) is 0.0857. The van der Waals surface area contributed by atoms with Crippen LogP contribution in [0.25, 0.3) is 21.3 Å². The largest absolute Gasteiger partial charge is 0.391 e. The number of aryl methyl sites for hydroxylation is 2. The molecule has 17 nitrogen and oxygen atoms in total. The zero-order valence-electron chi connectivity index (χ0n) is 44.8. The van der Waals surface area contributed by atoms with Crippen LogP contribution in [0.1, 0.15) is 110 Å². The Morgan fingerprint density at radius 3 is 2.34 bits per heavy atom. The summed E-state index contributed by atoms with van der Waals surface area (Å²) in [5.41, 5.74) is 10.6. The molecular weight excluding hydrogens is 983 g/mol. The number of H-pyrrole nitrogens is 1. The molecule has 1 aliphatic carbocycles. The third-order valence-electron chi connectivity index (χ3n) is 15.8. The maximum atomic E-state index is 14.2. The number of benzene rings is 3. The maximum Gasteiger partial charge on any atom is 0.248 e. The molecule has 0 saturated carbocycles. The summed E-state index contributed by atoms with van der Waals surface area (Å²) in [7, 11) is 0. The molecule has 76 heavy (non-hydrogen) atoms. The second-order valence-electron chi connectivity index (χ2n) is 22.3. The van der Waals surface area contributed by atoms with Crippen LogP contribution in [0.2, 0.25) is 0 Å².